The zero-order valence-corrected chi connectivity index (χ0v) is 37.0. The van der Waals surface area contributed by atoms with Crippen LogP contribution in [0.2, 0.25) is 0 Å². The van der Waals surface area contributed by atoms with E-state index in [0.717, 1.165) is 44.9 Å². The van der Waals surface area contributed by atoms with Crippen LogP contribution in [0.1, 0.15) is 92.4 Å². The SMILES string of the molecule is C[C@@H]1CC[C@]2(OC1)O[C@@H]1C[C@H]3[C@@H]4CC=C5C[C@@H](O[C@@H]6O[C@H](CO)[C@@H](O)[C@H](O[C@@H]7O[C@H](CO)[C@@H](O)[C@H](O)[C@H]7O)[C@H]6O[C@@H]6O[C@@H](C)[C@H](O)[C@@H](O)[C@H]6O)CC[C@]5(C)[C@H]4CC[C@]3(C)[C@@]1(O)[C@@H]2C. The van der Waals surface area contributed by atoms with Crippen LogP contribution in [0.4, 0.5) is 0 Å². The van der Waals surface area contributed by atoms with Gasteiger partial charge in [-0.3, -0.25) is 0 Å². The molecular formula is C45H72O18. The maximum absolute atomic E-state index is 12.8. The quantitative estimate of drug-likeness (QED) is 0.135. The van der Waals surface area contributed by atoms with E-state index in [1.54, 1.807) is 0 Å². The van der Waals surface area contributed by atoms with Crippen molar-refractivity contribution in [3.8, 4) is 0 Å². The second-order valence-electron chi connectivity index (χ2n) is 21.2. The van der Waals surface area contributed by atoms with Gasteiger partial charge in [-0.15, -0.1) is 0 Å². The van der Waals surface area contributed by atoms with Crippen molar-refractivity contribution in [2.45, 2.75) is 208 Å². The standard InChI is InChI=1S/C45H72O18/c1-19-8-13-44(56-18-19)21(3)45(55)29(63-44)15-26-24-7-6-22-14-23(9-11-42(22,4)25(24)10-12-43(26,45)5)58-41-38(62-39-35(53)33(51)30(48)20(2)57-39)37(32(50)28(17-47)60-41)61-40-36(54)34(52)31(49)27(16-46)59-40/h6,19-21,23-41,46-55H,7-18H2,1-5H3/t19-,20+,21-,23+,24-,25+,26+,27-,28-,29-,30+,31-,32-,33-,34+,35-,36-,37+,38-,39+,40+,41-,42+,43+,44+,45-/m1/s1. The first-order chi connectivity index (χ1) is 29.8. The summed E-state index contributed by atoms with van der Waals surface area (Å²) in [4.78, 5) is 0. The average molecular weight is 901 g/mol. The highest BCUT2D eigenvalue weighted by Crippen LogP contribution is 2.72. The van der Waals surface area contributed by atoms with Crippen LogP contribution in [0.3, 0.4) is 0 Å². The molecule has 10 N–H and O–H groups in total. The summed E-state index contributed by atoms with van der Waals surface area (Å²) in [6, 6.07) is 0. The van der Waals surface area contributed by atoms with Crippen LogP contribution in [0.15, 0.2) is 11.6 Å². The van der Waals surface area contributed by atoms with Crippen molar-refractivity contribution in [3.63, 3.8) is 0 Å². The van der Waals surface area contributed by atoms with Gasteiger partial charge in [0.1, 0.15) is 72.7 Å². The Labute approximate surface area is 368 Å². The molecule has 1 spiro atoms. The number of allylic oxidation sites excluding steroid dienone is 1. The Kier molecular flexibility index (Phi) is 12.9. The van der Waals surface area contributed by atoms with Gasteiger partial charge in [-0.2, -0.15) is 0 Å². The molecule has 18 nitrogen and oxygen atoms in total. The molecule has 0 amide bonds. The predicted molar refractivity (Wildman–Crippen MR) is 216 cm³/mol. The Hall–Kier alpha value is -0.980. The van der Waals surface area contributed by atoms with E-state index >= 15 is 0 Å². The molecule has 0 radical (unpaired) electrons. The second-order valence-corrected chi connectivity index (χ2v) is 21.2. The minimum Gasteiger partial charge on any atom is -0.394 e. The van der Waals surface area contributed by atoms with Gasteiger partial charge in [-0.1, -0.05) is 39.3 Å². The lowest BCUT2D eigenvalue weighted by molar-refractivity contribution is -0.394. The van der Waals surface area contributed by atoms with Gasteiger partial charge in [0.25, 0.3) is 0 Å². The molecule has 0 aromatic heterocycles. The molecule has 18 heteroatoms. The van der Waals surface area contributed by atoms with Crippen molar-refractivity contribution in [3.05, 3.63) is 11.6 Å². The molecule has 3 saturated carbocycles. The van der Waals surface area contributed by atoms with Gasteiger partial charge in [0.15, 0.2) is 24.7 Å². The van der Waals surface area contributed by atoms with Gasteiger partial charge in [0, 0.05) is 17.8 Å². The van der Waals surface area contributed by atoms with E-state index < -0.39 is 123 Å². The minimum atomic E-state index is -1.86. The lowest BCUT2D eigenvalue weighted by atomic mass is 9.46. The van der Waals surface area contributed by atoms with Crippen LogP contribution in [-0.2, 0) is 37.9 Å². The summed E-state index contributed by atoms with van der Waals surface area (Å²) < 4.78 is 50.0. The smallest absolute Gasteiger partial charge is 0.187 e. The third kappa shape index (κ3) is 7.35. The lowest BCUT2D eigenvalue weighted by Gasteiger charge is -2.60. The summed E-state index contributed by atoms with van der Waals surface area (Å²) in [5, 5.41) is 109. The van der Waals surface area contributed by atoms with Crippen molar-refractivity contribution in [2.75, 3.05) is 19.8 Å². The van der Waals surface area contributed by atoms with Crippen LogP contribution in [-0.4, -0.2) is 187 Å². The molecule has 5 saturated heterocycles. The zero-order chi connectivity index (χ0) is 45.1. The largest absolute Gasteiger partial charge is 0.394 e. The van der Waals surface area contributed by atoms with Crippen LogP contribution in [0, 0.1) is 40.4 Å². The van der Waals surface area contributed by atoms with E-state index in [1.807, 2.05) is 0 Å². The predicted octanol–water partition coefficient (Wildman–Crippen LogP) is -0.671. The molecule has 0 aromatic carbocycles. The number of rotatable bonds is 8. The van der Waals surface area contributed by atoms with E-state index in [4.69, 9.17) is 37.9 Å². The number of hydrogen-bond donors (Lipinski definition) is 10. The first kappa shape index (κ1) is 47.1. The maximum Gasteiger partial charge on any atom is 0.187 e. The number of aliphatic hydroxyl groups is 10. The topological polar surface area (TPSA) is 276 Å². The molecule has 8 fully saturated rings. The molecule has 360 valence electrons. The molecule has 0 unspecified atom stereocenters. The molecule has 0 aromatic rings. The molecule has 26 atom stereocenters. The van der Waals surface area contributed by atoms with E-state index in [1.165, 1.54) is 12.5 Å². The molecule has 5 heterocycles. The summed E-state index contributed by atoms with van der Waals surface area (Å²) >= 11 is 0. The van der Waals surface area contributed by atoms with E-state index in [9.17, 15) is 51.1 Å². The Bertz CT molecular complexity index is 1660. The fourth-order valence-corrected chi connectivity index (χ4v) is 13.9. The number of hydrogen-bond acceptors (Lipinski definition) is 18. The maximum atomic E-state index is 12.8. The second kappa shape index (κ2) is 17.2. The van der Waals surface area contributed by atoms with E-state index in [-0.39, 0.29) is 28.8 Å². The Balaban J connectivity index is 0.948. The molecule has 9 rings (SSSR count). The van der Waals surface area contributed by atoms with Crippen LogP contribution < -0.4 is 0 Å². The summed E-state index contributed by atoms with van der Waals surface area (Å²) in [6.45, 7) is 9.64. The first-order valence-electron chi connectivity index (χ1n) is 23.5. The summed E-state index contributed by atoms with van der Waals surface area (Å²) in [5.41, 5.74) is -0.202. The van der Waals surface area contributed by atoms with E-state index in [0.29, 0.717) is 37.2 Å². The summed E-state index contributed by atoms with van der Waals surface area (Å²) in [7, 11) is 0. The zero-order valence-electron chi connectivity index (χ0n) is 37.0. The first-order valence-corrected chi connectivity index (χ1v) is 23.5. The normalized spacial score (nSPS) is 58.1. The van der Waals surface area contributed by atoms with E-state index in [2.05, 4.69) is 33.8 Å². The highest BCUT2D eigenvalue weighted by atomic mass is 16.8. The lowest BCUT2D eigenvalue weighted by Crippen LogP contribution is -2.67. The number of ether oxygens (including phenoxy) is 8. The van der Waals surface area contributed by atoms with Gasteiger partial charge in [0.05, 0.1) is 38.1 Å². The third-order valence-electron chi connectivity index (χ3n) is 17.9. The Morgan fingerprint density at radius 2 is 1.33 bits per heavy atom. The fourth-order valence-electron chi connectivity index (χ4n) is 13.9. The van der Waals surface area contributed by atoms with Crippen molar-refractivity contribution in [1.29, 1.82) is 0 Å². The number of aliphatic hydroxyl groups excluding tert-OH is 9. The van der Waals surface area contributed by atoms with Gasteiger partial charge in [-0.25, -0.2) is 0 Å². The summed E-state index contributed by atoms with van der Waals surface area (Å²) in [5.74, 6) is 0.580. The molecule has 5 aliphatic heterocycles. The molecule has 63 heavy (non-hydrogen) atoms. The van der Waals surface area contributed by atoms with Crippen molar-refractivity contribution >= 4 is 0 Å². The molecule has 9 aliphatic rings. The van der Waals surface area contributed by atoms with Crippen molar-refractivity contribution in [2.24, 2.45) is 40.4 Å². The van der Waals surface area contributed by atoms with Gasteiger partial charge < -0.3 is 89.0 Å². The summed E-state index contributed by atoms with van der Waals surface area (Å²) in [6.07, 6.45) is -14.6. The van der Waals surface area contributed by atoms with Gasteiger partial charge in [0.2, 0.25) is 0 Å². The van der Waals surface area contributed by atoms with Gasteiger partial charge >= 0.3 is 0 Å². The van der Waals surface area contributed by atoms with Gasteiger partial charge in [-0.05, 0) is 87.4 Å². The van der Waals surface area contributed by atoms with Crippen LogP contribution >= 0.6 is 0 Å². The third-order valence-corrected chi connectivity index (χ3v) is 17.9. The fraction of sp³-hybridized carbons (Fsp3) is 0.956. The number of fused-ring (bicyclic) bond motifs is 7. The Morgan fingerprint density at radius 3 is 2.02 bits per heavy atom. The molecule has 4 aliphatic carbocycles. The van der Waals surface area contributed by atoms with Crippen LogP contribution in [0.25, 0.3) is 0 Å². The van der Waals surface area contributed by atoms with Crippen molar-refractivity contribution in [1.82, 2.24) is 0 Å². The monoisotopic (exact) mass is 900 g/mol. The highest BCUT2D eigenvalue weighted by Gasteiger charge is 2.76. The minimum absolute atomic E-state index is 0.143. The molecule has 0 bridgehead atoms. The van der Waals surface area contributed by atoms with Crippen molar-refractivity contribution < 1.29 is 89.0 Å². The van der Waals surface area contributed by atoms with Crippen LogP contribution in [0.5, 0.6) is 0 Å². The highest BCUT2D eigenvalue weighted by molar-refractivity contribution is 5.29. The Morgan fingerprint density at radius 1 is 0.683 bits per heavy atom. The molecular weight excluding hydrogens is 828 g/mol. The average Bonchev–Trinajstić information content (AvgIpc) is 3.62.